The first kappa shape index (κ1) is 17.4. The second-order valence-electron chi connectivity index (χ2n) is 7.02. The molecule has 0 aromatic heterocycles. The Morgan fingerprint density at radius 1 is 0.926 bits per heavy atom. The number of Topliss-reactive ketones (excluding diaryl/α,β-unsaturated/α-hetero) is 2. The minimum absolute atomic E-state index is 0.0203. The van der Waals surface area contributed by atoms with E-state index in [1.54, 1.807) is 24.3 Å². The minimum atomic E-state index is -0.694. The van der Waals surface area contributed by atoms with Crippen molar-refractivity contribution in [1.29, 1.82) is 0 Å². The molecule has 2 aromatic carbocycles. The van der Waals surface area contributed by atoms with Gasteiger partial charge in [-0.1, -0.05) is 60.7 Å². The van der Waals surface area contributed by atoms with Crippen LogP contribution in [0.2, 0.25) is 0 Å². The molecule has 136 valence electrons. The lowest BCUT2D eigenvalue weighted by molar-refractivity contribution is -0.147. The minimum Gasteiger partial charge on any atom is -0.430 e. The zero-order valence-electron chi connectivity index (χ0n) is 14.9. The average molecular weight is 360 g/mol. The molecule has 1 unspecified atom stereocenters. The number of hydrogen-bond acceptors (Lipinski definition) is 4. The zero-order chi connectivity index (χ0) is 18.8. The monoisotopic (exact) mass is 360 g/mol. The van der Waals surface area contributed by atoms with E-state index in [-0.39, 0.29) is 18.0 Å². The third-order valence-corrected chi connectivity index (χ3v) is 5.31. The summed E-state index contributed by atoms with van der Waals surface area (Å²) in [5.74, 6) is -1.14. The van der Waals surface area contributed by atoms with Gasteiger partial charge >= 0.3 is 5.97 Å². The zero-order valence-corrected chi connectivity index (χ0v) is 14.9. The number of ether oxygens (including phenoxy) is 1. The summed E-state index contributed by atoms with van der Waals surface area (Å²) >= 11 is 0. The Hall–Kier alpha value is -3.01. The highest BCUT2D eigenvalue weighted by molar-refractivity contribution is 6.03. The summed E-state index contributed by atoms with van der Waals surface area (Å²) in [5.41, 5.74) is 2.02. The van der Waals surface area contributed by atoms with Crippen molar-refractivity contribution in [3.05, 3.63) is 83.1 Å². The van der Waals surface area contributed by atoms with Crippen LogP contribution in [0.3, 0.4) is 0 Å². The lowest BCUT2D eigenvalue weighted by Gasteiger charge is -2.35. The van der Waals surface area contributed by atoms with E-state index in [1.165, 1.54) is 0 Å². The summed E-state index contributed by atoms with van der Waals surface area (Å²) < 4.78 is 5.53. The van der Waals surface area contributed by atoms with Crippen LogP contribution in [0.1, 0.15) is 47.5 Å². The molecule has 0 fully saturated rings. The van der Waals surface area contributed by atoms with Gasteiger partial charge in [0.1, 0.15) is 5.76 Å². The molecule has 1 aliphatic carbocycles. The summed E-state index contributed by atoms with van der Waals surface area (Å²) in [7, 11) is 0. The van der Waals surface area contributed by atoms with Gasteiger partial charge in [-0.3, -0.25) is 14.4 Å². The number of carbonyl (C=O) groups excluding carboxylic acids is 3. The van der Waals surface area contributed by atoms with Gasteiger partial charge in [0, 0.05) is 36.3 Å². The predicted octanol–water partition coefficient (Wildman–Crippen LogP) is 4.22. The number of hydrogen-bond donors (Lipinski definition) is 0. The van der Waals surface area contributed by atoms with Crippen molar-refractivity contribution < 1.29 is 19.1 Å². The van der Waals surface area contributed by atoms with Crippen LogP contribution in [0.4, 0.5) is 0 Å². The maximum atomic E-state index is 12.8. The van der Waals surface area contributed by atoms with E-state index in [0.29, 0.717) is 36.2 Å². The maximum Gasteiger partial charge on any atom is 0.315 e. The molecular weight excluding hydrogens is 340 g/mol. The number of allylic oxidation sites excluding steroid dienone is 2. The highest BCUT2D eigenvalue weighted by Gasteiger charge is 2.44. The fourth-order valence-corrected chi connectivity index (χ4v) is 4.02. The summed E-state index contributed by atoms with van der Waals surface area (Å²) in [4.78, 5) is 38.2. The van der Waals surface area contributed by atoms with Crippen LogP contribution >= 0.6 is 0 Å². The van der Waals surface area contributed by atoms with E-state index in [0.717, 1.165) is 5.56 Å². The quantitative estimate of drug-likeness (QED) is 0.605. The molecule has 27 heavy (non-hydrogen) atoms. The van der Waals surface area contributed by atoms with Crippen LogP contribution in [0.15, 0.2) is 72.0 Å². The number of esters is 1. The third kappa shape index (κ3) is 3.35. The SMILES string of the molecule is O=C1CCCC2=C1C(c1ccccc1)[C@@H](CC(=O)c1ccccc1)C(=O)O2. The Morgan fingerprint density at radius 2 is 1.59 bits per heavy atom. The molecule has 0 saturated carbocycles. The molecule has 4 heteroatoms. The molecule has 0 spiro atoms. The molecule has 0 saturated heterocycles. The fraction of sp³-hybridized carbons (Fsp3) is 0.261. The summed E-state index contributed by atoms with van der Waals surface area (Å²) in [5, 5.41) is 0. The van der Waals surface area contributed by atoms with Crippen LogP contribution in [0, 0.1) is 5.92 Å². The lowest BCUT2D eigenvalue weighted by atomic mass is 9.72. The molecule has 1 aliphatic heterocycles. The molecule has 0 bridgehead atoms. The van der Waals surface area contributed by atoms with E-state index < -0.39 is 17.8 Å². The van der Waals surface area contributed by atoms with Crippen molar-refractivity contribution in [2.75, 3.05) is 0 Å². The van der Waals surface area contributed by atoms with E-state index in [9.17, 15) is 14.4 Å². The van der Waals surface area contributed by atoms with E-state index in [2.05, 4.69) is 0 Å². The van der Waals surface area contributed by atoms with Gasteiger partial charge in [0.15, 0.2) is 11.6 Å². The molecule has 4 nitrogen and oxygen atoms in total. The Morgan fingerprint density at radius 3 is 2.30 bits per heavy atom. The molecule has 2 aromatic rings. The summed E-state index contributed by atoms with van der Waals surface area (Å²) in [6.45, 7) is 0. The molecule has 1 heterocycles. The molecule has 2 atom stereocenters. The molecule has 0 amide bonds. The Balaban J connectivity index is 1.75. The van der Waals surface area contributed by atoms with Gasteiger partial charge in [-0.15, -0.1) is 0 Å². The Labute approximate surface area is 157 Å². The normalized spacial score (nSPS) is 22.2. The first-order chi connectivity index (χ1) is 13.1. The third-order valence-electron chi connectivity index (χ3n) is 5.31. The summed E-state index contributed by atoms with van der Waals surface area (Å²) in [6, 6.07) is 18.4. The Bertz CT molecular complexity index is 912. The first-order valence-corrected chi connectivity index (χ1v) is 9.26. The van der Waals surface area contributed by atoms with Crippen molar-refractivity contribution in [2.24, 2.45) is 5.92 Å². The van der Waals surface area contributed by atoms with Crippen LogP contribution in [0.5, 0.6) is 0 Å². The predicted molar refractivity (Wildman–Crippen MR) is 100 cm³/mol. The molecule has 0 N–H and O–H groups in total. The Kier molecular flexibility index (Phi) is 4.71. The van der Waals surface area contributed by atoms with Gasteiger partial charge in [0.2, 0.25) is 0 Å². The van der Waals surface area contributed by atoms with Gasteiger partial charge in [-0.25, -0.2) is 0 Å². The van der Waals surface area contributed by atoms with Crippen molar-refractivity contribution in [3.63, 3.8) is 0 Å². The highest BCUT2D eigenvalue weighted by Crippen LogP contribution is 2.44. The standard InChI is InChI=1S/C23H20O4/c24-18-12-7-13-20-22(18)21(16-10-5-2-6-11-16)17(23(26)27-20)14-19(25)15-8-3-1-4-9-15/h1-6,8-11,17,21H,7,12-14H2/t17-,21?/m1/s1. The summed E-state index contributed by atoms with van der Waals surface area (Å²) in [6.07, 6.45) is 1.76. The molecule has 4 rings (SSSR count). The van der Waals surface area contributed by atoms with E-state index in [4.69, 9.17) is 4.74 Å². The molecule has 2 aliphatic rings. The van der Waals surface area contributed by atoms with E-state index in [1.807, 2.05) is 36.4 Å². The second kappa shape index (κ2) is 7.31. The number of benzene rings is 2. The van der Waals surface area contributed by atoms with Gasteiger partial charge in [0.25, 0.3) is 0 Å². The lowest BCUT2D eigenvalue weighted by Crippen LogP contribution is -2.36. The van der Waals surface area contributed by atoms with Gasteiger partial charge < -0.3 is 4.74 Å². The van der Waals surface area contributed by atoms with Crippen LogP contribution in [-0.4, -0.2) is 17.5 Å². The van der Waals surface area contributed by atoms with Gasteiger partial charge in [0.05, 0.1) is 5.92 Å². The molecule has 0 radical (unpaired) electrons. The average Bonchev–Trinajstić information content (AvgIpc) is 2.70. The maximum absolute atomic E-state index is 12.8. The van der Waals surface area contributed by atoms with Crippen molar-refractivity contribution >= 4 is 17.5 Å². The van der Waals surface area contributed by atoms with Crippen molar-refractivity contribution in [2.45, 2.75) is 31.6 Å². The van der Waals surface area contributed by atoms with Crippen LogP contribution in [-0.2, 0) is 14.3 Å². The fourth-order valence-electron chi connectivity index (χ4n) is 4.02. The highest BCUT2D eigenvalue weighted by atomic mass is 16.5. The van der Waals surface area contributed by atoms with Crippen LogP contribution < -0.4 is 0 Å². The van der Waals surface area contributed by atoms with E-state index >= 15 is 0 Å². The van der Waals surface area contributed by atoms with Gasteiger partial charge in [-0.05, 0) is 12.0 Å². The van der Waals surface area contributed by atoms with Crippen molar-refractivity contribution in [1.82, 2.24) is 0 Å². The van der Waals surface area contributed by atoms with Crippen molar-refractivity contribution in [3.8, 4) is 0 Å². The number of rotatable bonds is 4. The number of ketones is 2. The van der Waals surface area contributed by atoms with Gasteiger partial charge in [-0.2, -0.15) is 0 Å². The first-order valence-electron chi connectivity index (χ1n) is 9.26. The number of carbonyl (C=O) groups is 3. The topological polar surface area (TPSA) is 60.4 Å². The molecular formula is C23H20O4. The second-order valence-corrected chi connectivity index (χ2v) is 7.02. The largest absolute Gasteiger partial charge is 0.430 e. The smallest absolute Gasteiger partial charge is 0.315 e. The van der Waals surface area contributed by atoms with Crippen LogP contribution in [0.25, 0.3) is 0 Å².